The molecule has 0 aliphatic carbocycles. The normalized spacial score (nSPS) is 10.2. The van der Waals surface area contributed by atoms with Gasteiger partial charge in [0.2, 0.25) is 0 Å². The van der Waals surface area contributed by atoms with E-state index in [2.05, 4.69) is 210 Å². The first-order valence-electron chi connectivity index (χ1n) is 13.1. The van der Waals surface area contributed by atoms with Crippen molar-refractivity contribution < 1.29 is 13.7 Å². The van der Waals surface area contributed by atoms with Crippen LogP contribution in [0, 0.1) is 0 Å². The molecule has 0 N–H and O–H groups in total. The average Bonchev–Trinajstić information content (AvgIpc) is 3.06. The van der Waals surface area contributed by atoms with Crippen molar-refractivity contribution in [1.82, 2.24) is 0 Å². The maximum Gasteiger partial charge on any atom is 0.102 e. The Kier molecular flexibility index (Phi) is 12.9. The van der Waals surface area contributed by atoms with Crippen molar-refractivity contribution in [3.05, 3.63) is 182 Å². The quantitative estimate of drug-likeness (QED) is 0.131. The molecule has 6 aromatic rings. The summed E-state index contributed by atoms with van der Waals surface area (Å²) in [6.45, 7) is 0. The number of hydrogen-bond acceptors (Lipinski definition) is 0. The minimum absolute atomic E-state index is 0.877. The number of rotatable bonds is 6. The molecule has 0 aliphatic heterocycles. The molecule has 0 atom stereocenters. The van der Waals surface area contributed by atoms with Crippen molar-refractivity contribution in [2.45, 2.75) is 0 Å². The number of benzene rings is 6. The summed E-state index contributed by atoms with van der Waals surface area (Å²) in [5.41, 5.74) is 0. The van der Waals surface area contributed by atoms with E-state index < -0.39 is 15.8 Å². The molecule has 6 rings (SSSR count). The first-order chi connectivity index (χ1) is 19.9. The SMILES string of the molecule is [Ni][Br].c1ccc([PH+](c2ccccc2)c2ccccc2)cc1.c1ccc([PH+](c2ccccc2)c2ccccc2)cc1. The van der Waals surface area contributed by atoms with Crippen LogP contribution in [0.2, 0.25) is 0 Å². The molecule has 6 aromatic carbocycles. The van der Waals surface area contributed by atoms with Crippen LogP contribution in [0.3, 0.4) is 0 Å². The second-order valence-electron chi connectivity index (χ2n) is 8.95. The zero-order chi connectivity index (χ0) is 27.8. The zero-order valence-electron chi connectivity index (χ0n) is 22.0. The van der Waals surface area contributed by atoms with Gasteiger partial charge in [-0.2, -0.15) is 0 Å². The van der Waals surface area contributed by atoms with E-state index in [1.54, 1.807) is 0 Å². The summed E-state index contributed by atoms with van der Waals surface area (Å²) in [5.74, 6) is 0. The van der Waals surface area contributed by atoms with E-state index in [1.165, 1.54) is 31.8 Å². The van der Waals surface area contributed by atoms with Crippen LogP contribution in [0.5, 0.6) is 0 Å². The fraction of sp³-hybridized carbons (Fsp3) is 0. The molecule has 201 valence electrons. The third kappa shape index (κ3) is 8.57. The molecular weight excluding hydrogens is 633 g/mol. The Morgan fingerprint density at radius 2 is 0.375 bits per heavy atom. The van der Waals surface area contributed by atoms with Crippen LogP contribution >= 0.6 is 30.1 Å². The Labute approximate surface area is 256 Å². The molecule has 0 saturated heterocycles. The van der Waals surface area contributed by atoms with Gasteiger partial charge in [0.1, 0.15) is 31.8 Å². The predicted octanol–water partition coefficient (Wildman–Crippen LogP) is 7.20. The number of hydrogen-bond donors (Lipinski definition) is 0. The van der Waals surface area contributed by atoms with Crippen LogP contribution in [0.4, 0.5) is 0 Å². The zero-order valence-corrected chi connectivity index (χ0v) is 26.6. The van der Waals surface area contributed by atoms with Gasteiger partial charge in [-0.3, -0.25) is 0 Å². The van der Waals surface area contributed by atoms with Gasteiger partial charge in [0, 0.05) is 0 Å². The van der Waals surface area contributed by atoms with E-state index >= 15 is 0 Å². The standard InChI is InChI=1S/2C18H15P.BrH.Ni/c2*1-4-10-16(11-5-1)19(17-12-6-2-7-13-17)18-14-8-3-9-15-18;;/h2*1-15H;1H;/q;;;+1/p+1. The molecule has 0 aromatic heterocycles. The van der Waals surface area contributed by atoms with Gasteiger partial charge in [-0.15, -0.1) is 0 Å². The fourth-order valence-electron chi connectivity index (χ4n) is 4.63. The van der Waals surface area contributed by atoms with E-state index in [4.69, 9.17) is 0 Å². The summed E-state index contributed by atoms with van der Waals surface area (Å²) in [6, 6.07) is 65.0. The van der Waals surface area contributed by atoms with Crippen molar-refractivity contribution in [2.75, 3.05) is 0 Å². The van der Waals surface area contributed by atoms with Gasteiger partial charge >= 0.3 is 27.9 Å². The van der Waals surface area contributed by atoms with Crippen molar-refractivity contribution in [1.29, 1.82) is 0 Å². The first-order valence-corrected chi connectivity index (χ1v) is 18.5. The average molecular weight is 665 g/mol. The third-order valence-corrected chi connectivity index (χ3v) is 11.8. The van der Waals surface area contributed by atoms with Gasteiger partial charge in [-0.1, -0.05) is 109 Å². The summed E-state index contributed by atoms with van der Waals surface area (Å²) >= 11 is 6.25. The van der Waals surface area contributed by atoms with Crippen LogP contribution < -0.4 is 31.8 Å². The minimum atomic E-state index is -0.877. The first kappa shape index (κ1) is 30.1. The Hall–Kier alpha value is -2.85. The van der Waals surface area contributed by atoms with Crippen LogP contribution in [-0.2, 0) is 13.7 Å². The smallest absolute Gasteiger partial charge is 0.0620 e. The maximum atomic E-state index is 3.69. The van der Waals surface area contributed by atoms with Crippen molar-refractivity contribution >= 4 is 61.9 Å². The molecule has 0 bridgehead atoms. The second kappa shape index (κ2) is 17.1. The molecule has 0 nitrogen and oxygen atoms in total. The van der Waals surface area contributed by atoms with Crippen LogP contribution in [0.25, 0.3) is 0 Å². The summed E-state index contributed by atoms with van der Waals surface area (Å²) in [6.07, 6.45) is 0. The molecule has 0 saturated carbocycles. The summed E-state index contributed by atoms with van der Waals surface area (Å²) < 4.78 is 0. The van der Waals surface area contributed by atoms with Crippen molar-refractivity contribution in [2.24, 2.45) is 0 Å². The van der Waals surface area contributed by atoms with Gasteiger partial charge in [0.05, 0.1) is 15.8 Å². The molecule has 0 unspecified atom stereocenters. The summed E-state index contributed by atoms with van der Waals surface area (Å²) in [5, 5.41) is 8.61. The minimum Gasteiger partial charge on any atom is -0.0620 e. The summed E-state index contributed by atoms with van der Waals surface area (Å²) in [4.78, 5) is 0. The third-order valence-electron chi connectivity index (χ3n) is 6.37. The molecule has 0 aliphatic rings. The monoisotopic (exact) mass is 663 g/mol. The van der Waals surface area contributed by atoms with Gasteiger partial charge in [-0.25, -0.2) is 0 Å². The Morgan fingerprint density at radius 1 is 0.250 bits per heavy atom. The topological polar surface area (TPSA) is 0 Å². The van der Waals surface area contributed by atoms with E-state index in [-0.39, 0.29) is 0 Å². The van der Waals surface area contributed by atoms with Crippen molar-refractivity contribution in [3.8, 4) is 0 Å². The fourth-order valence-corrected chi connectivity index (χ4v) is 9.78. The number of halogens is 1. The van der Waals surface area contributed by atoms with Gasteiger partial charge < -0.3 is 0 Å². The van der Waals surface area contributed by atoms with Gasteiger partial charge in [0.15, 0.2) is 0 Å². The molecule has 40 heavy (non-hydrogen) atoms. The Morgan fingerprint density at radius 3 is 0.500 bits per heavy atom. The van der Waals surface area contributed by atoms with Crippen LogP contribution in [0.1, 0.15) is 0 Å². The van der Waals surface area contributed by atoms with E-state index in [9.17, 15) is 0 Å². The van der Waals surface area contributed by atoms with Crippen LogP contribution in [0.15, 0.2) is 182 Å². The van der Waals surface area contributed by atoms with Gasteiger partial charge in [0.25, 0.3) is 0 Å². The maximum absolute atomic E-state index is 3.69. The second-order valence-corrected chi connectivity index (χ2v) is 13.9. The Balaban J connectivity index is 0.000000174. The Bertz CT molecular complexity index is 1180. The molecule has 4 heteroatoms. The molecule has 0 amide bonds. The summed E-state index contributed by atoms with van der Waals surface area (Å²) in [7, 11) is -1.75. The van der Waals surface area contributed by atoms with Crippen LogP contribution in [-0.4, -0.2) is 0 Å². The predicted molar refractivity (Wildman–Crippen MR) is 182 cm³/mol. The largest absolute Gasteiger partial charge is 0.102 e. The van der Waals surface area contributed by atoms with E-state index in [0.29, 0.717) is 0 Å². The molecular formula is C36H32BrNiP2+2. The molecule has 0 spiro atoms. The van der Waals surface area contributed by atoms with E-state index in [0.717, 1.165) is 0 Å². The van der Waals surface area contributed by atoms with E-state index in [1.807, 2.05) is 0 Å². The van der Waals surface area contributed by atoms with Gasteiger partial charge in [-0.05, 0) is 72.8 Å². The molecule has 0 heterocycles. The van der Waals surface area contributed by atoms with Crippen molar-refractivity contribution in [3.63, 3.8) is 0 Å². The molecule has 0 radical (unpaired) electrons. The molecule has 0 fully saturated rings.